The van der Waals surface area contributed by atoms with E-state index in [1.807, 2.05) is 55.5 Å². The molecule has 27 heavy (non-hydrogen) atoms. The SMILES string of the molecule is COC(C)CCOc1ccc(-c2ccc(OCCCCC(=O)O)cc2)cc1. The number of ether oxygens (including phenoxy) is 3. The van der Waals surface area contributed by atoms with Gasteiger partial charge in [-0.25, -0.2) is 0 Å². The Labute approximate surface area is 160 Å². The number of hydrogen-bond acceptors (Lipinski definition) is 4. The first-order valence-corrected chi connectivity index (χ1v) is 9.29. The van der Waals surface area contributed by atoms with Gasteiger partial charge in [0, 0.05) is 20.0 Å². The molecule has 0 aliphatic carbocycles. The number of benzene rings is 2. The summed E-state index contributed by atoms with van der Waals surface area (Å²) < 4.78 is 16.6. The van der Waals surface area contributed by atoms with Crippen molar-refractivity contribution in [1.82, 2.24) is 0 Å². The first-order chi connectivity index (χ1) is 13.1. The van der Waals surface area contributed by atoms with Gasteiger partial charge in [0.2, 0.25) is 0 Å². The molecule has 1 N–H and O–H groups in total. The first kappa shape index (κ1) is 20.8. The van der Waals surface area contributed by atoms with Crippen LogP contribution in [0.5, 0.6) is 11.5 Å². The first-order valence-electron chi connectivity index (χ1n) is 9.29. The van der Waals surface area contributed by atoms with Crippen molar-refractivity contribution in [3.8, 4) is 22.6 Å². The molecular formula is C22H28O5. The zero-order valence-corrected chi connectivity index (χ0v) is 16.0. The van der Waals surface area contributed by atoms with Crippen molar-refractivity contribution in [2.45, 2.75) is 38.7 Å². The van der Waals surface area contributed by atoms with Gasteiger partial charge in [0.05, 0.1) is 19.3 Å². The van der Waals surface area contributed by atoms with E-state index in [4.69, 9.17) is 19.3 Å². The molecule has 5 nitrogen and oxygen atoms in total. The second-order valence-corrected chi connectivity index (χ2v) is 6.43. The molecule has 0 amide bonds. The zero-order chi connectivity index (χ0) is 19.5. The van der Waals surface area contributed by atoms with Crippen molar-refractivity contribution in [3.05, 3.63) is 48.5 Å². The van der Waals surface area contributed by atoms with Gasteiger partial charge in [-0.1, -0.05) is 24.3 Å². The van der Waals surface area contributed by atoms with Gasteiger partial charge >= 0.3 is 5.97 Å². The van der Waals surface area contributed by atoms with Crippen LogP contribution in [0, 0.1) is 0 Å². The smallest absolute Gasteiger partial charge is 0.303 e. The second-order valence-electron chi connectivity index (χ2n) is 6.43. The Bertz CT molecular complexity index is 679. The Balaban J connectivity index is 1.79. The van der Waals surface area contributed by atoms with Crippen LogP contribution in [0.25, 0.3) is 11.1 Å². The minimum atomic E-state index is -0.764. The summed E-state index contributed by atoms with van der Waals surface area (Å²) in [5.41, 5.74) is 2.22. The summed E-state index contributed by atoms with van der Waals surface area (Å²) >= 11 is 0. The lowest BCUT2D eigenvalue weighted by atomic mass is 10.1. The summed E-state index contributed by atoms with van der Waals surface area (Å²) in [5.74, 6) is 0.880. The van der Waals surface area contributed by atoms with E-state index in [2.05, 4.69) is 0 Å². The lowest BCUT2D eigenvalue weighted by Crippen LogP contribution is -2.10. The van der Waals surface area contributed by atoms with E-state index < -0.39 is 5.97 Å². The van der Waals surface area contributed by atoms with Crippen molar-refractivity contribution in [3.63, 3.8) is 0 Å². The molecule has 0 aromatic heterocycles. The highest BCUT2D eigenvalue weighted by atomic mass is 16.5. The van der Waals surface area contributed by atoms with Crippen molar-refractivity contribution >= 4 is 5.97 Å². The normalized spacial score (nSPS) is 11.8. The number of unbranched alkanes of at least 4 members (excludes halogenated alkanes) is 1. The molecule has 0 bridgehead atoms. The van der Waals surface area contributed by atoms with E-state index in [1.54, 1.807) is 7.11 Å². The summed E-state index contributed by atoms with van der Waals surface area (Å²) in [6, 6.07) is 15.9. The molecule has 0 aliphatic heterocycles. The summed E-state index contributed by atoms with van der Waals surface area (Å²) in [5, 5.41) is 8.61. The summed E-state index contributed by atoms with van der Waals surface area (Å²) in [6.45, 7) is 3.18. The van der Waals surface area contributed by atoms with Gasteiger partial charge in [-0.2, -0.15) is 0 Å². The second kappa shape index (κ2) is 11.2. The van der Waals surface area contributed by atoms with Crippen LogP contribution in [0.15, 0.2) is 48.5 Å². The van der Waals surface area contributed by atoms with E-state index in [0.29, 0.717) is 19.6 Å². The Hall–Kier alpha value is -2.53. The van der Waals surface area contributed by atoms with Gasteiger partial charge in [-0.3, -0.25) is 4.79 Å². The predicted octanol–water partition coefficient (Wildman–Crippen LogP) is 4.79. The monoisotopic (exact) mass is 372 g/mol. The van der Waals surface area contributed by atoms with E-state index in [0.717, 1.165) is 35.5 Å². The van der Waals surface area contributed by atoms with Gasteiger partial charge in [0.25, 0.3) is 0 Å². The van der Waals surface area contributed by atoms with Crippen LogP contribution in [0.4, 0.5) is 0 Å². The summed E-state index contributed by atoms with van der Waals surface area (Å²) in [4.78, 5) is 10.5. The maximum absolute atomic E-state index is 10.5. The quantitative estimate of drug-likeness (QED) is 0.543. The number of hydrogen-bond donors (Lipinski definition) is 1. The highest BCUT2D eigenvalue weighted by Gasteiger charge is 2.03. The van der Waals surface area contributed by atoms with Gasteiger partial charge in [-0.15, -0.1) is 0 Å². The largest absolute Gasteiger partial charge is 0.494 e. The van der Waals surface area contributed by atoms with Gasteiger partial charge < -0.3 is 19.3 Å². The van der Waals surface area contributed by atoms with Crippen molar-refractivity contribution in [2.24, 2.45) is 0 Å². The molecule has 2 aromatic rings. The number of aliphatic carboxylic acids is 1. The molecule has 0 radical (unpaired) electrons. The average Bonchev–Trinajstić information content (AvgIpc) is 2.68. The number of carboxylic acids is 1. The molecule has 146 valence electrons. The zero-order valence-electron chi connectivity index (χ0n) is 16.0. The van der Waals surface area contributed by atoms with Crippen LogP contribution in [0.1, 0.15) is 32.6 Å². The Kier molecular flexibility index (Phi) is 8.65. The summed E-state index contributed by atoms with van der Waals surface area (Å²) in [7, 11) is 1.70. The Morgan fingerprint density at radius 3 is 1.89 bits per heavy atom. The third kappa shape index (κ3) is 7.71. The van der Waals surface area contributed by atoms with Crippen LogP contribution in [-0.2, 0) is 9.53 Å². The molecule has 0 saturated carbocycles. The molecule has 2 aromatic carbocycles. The number of methoxy groups -OCH3 is 1. The Morgan fingerprint density at radius 1 is 0.889 bits per heavy atom. The standard InChI is InChI=1S/C22H28O5/c1-17(25-2)14-16-27-21-12-8-19(9-13-21)18-6-10-20(11-7-18)26-15-4-3-5-22(23)24/h6-13,17H,3-5,14-16H2,1-2H3,(H,23,24). The fourth-order valence-electron chi connectivity index (χ4n) is 2.52. The average molecular weight is 372 g/mol. The highest BCUT2D eigenvalue weighted by Crippen LogP contribution is 2.25. The van der Waals surface area contributed by atoms with Crippen LogP contribution >= 0.6 is 0 Å². The lowest BCUT2D eigenvalue weighted by Gasteiger charge is -2.11. The summed E-state index contributed by atoms with van der Waals surface area (Å²) in [6.07, 6.45) is 2.61. The molecule has 1 unspecified atom stereocenters. The van der Waals surface area contributed by atoms with Crippen molar-refractivity contribution in [1.29, 1.82) is 0 Å². The minimum Gasteiger partial charge on any atom is -0.494 e. The van der Waals surface area contributed by atoms with Crippen LogP contribution in [0.3, 0.4) is 0 Å². The number of carbonyl (C=O) groups is 1. The van der Waals surface area contributed by atoms with Gasteiger partial charge in [0.1, 0.15) is 11.5 Å². The number of carboxylic acid groups (broad SMARTS) is 1. The van der Waals surface area contributed by atoms with Crippen LogP contribution in [-0.4, -0.2) is 37.5 Å². The molecule has 1 atom stereocenters. The van der Waals surface area contributed by atoms with E-state index in [9.17, 15) is 4.79 Å². The molecule has 0 spiro atoms. The van der Waals surface area contributed by atoms with Gasteiger partial charge in [0.15, 0.2) is 0 Å². The predicted molar refractivity (Wildman–Crippen MR) is 105 cm³/mol. The van der Waals surface area contributed by atoms with Crippen molar-refractivity contribution in [2.75, 3.05) is 20.3 Å². The van der Waals surface area contributed by atoms with Crippen LogP contribution < -0.4 is 9.47 Å². The molecule has 0 aliphatic rings. The molecule has 5 heteroatoms. The van der Waals surface area contributed by atoms with Gasteiger partial charge in [-0.05, 0) is 55.2 Å². The van der Waals surface area contributed by atoms with Crippen LogP contribution in [0.2, 0.25) is 0 Å². The Morgan fingerprint density at radius 2 is 1.41 bits per heavy atom. The lowest BCUT2D eigenvalue weighted by molar-refractivity contribution is -0.137. The topological polar surface area (TPSA) is 65.0 Å². The third-order valence-corrected chi connectivity index (χ3v) is 4.29. The molecule has 2 rings (SSSR count). The fraction of sp³-hybridized carbons (Fsp3) is 0.409. The maximum Gasteiger partial charge on any atom is 0.303 e. The number of rotatable bonds is 12. The van der Waals surface area contributed by atoms with E-state index in [1.165, 1.54) is 0 Å². The highest BCUT2D eigenvalue weighted by molar-refractivity contribution is 5.66. The molecule has 0 fully saturated rings. The molecular weight excluding hydrogens is 344 g/mol. The third-order valence-electron chi connectivity index (χ3n) is 4.29. The van der Waals surface area contributed by atoms with Crippen molar-refractivity contribution < 1.29 is 24.1 Å². The molecule has 0 saturated heterocycles. The maximum atomic E-state index is 10.5. The van der Waals surface area contributed by atoms with E-state index in [-0.39, 0.29) is 12.5 Å². The minimum absolute atomic E-state index is 0.188. The molecule has 0 heterocycles. The fourth-order valence-corrected chi connectivity index (χ4v) is 2.52. The van der Waals surface area contributed by atoms with E-state index >= 15 is 0 Å².